The minimum Gasteiger partial charge on any atom is -0.493 e. The van der Waals surface area contributed by atoms with E-state index in [1.807, 2.05) is 24.3 Å². The van der Waals surface area contributed by atoms with Crippen LogP contribution in [0.15, 0.2) is 33.5 Å². The molecule has 1 aliphatic carbocycles. The standard InChI is InChI=1S/C18H23NO4/c1-18(9-3-2-4-10-18)12-22-14-7-5-13(6-8-14)11-15-16(20)19-17(21)23-15/h5-8,20H,2-4,9-12H2,1H3,(H,19,21). The molecular weight excluding hydrogens is 294 g/mol. The maximum Gasteiger partial charge on any atom is 0.419 e. The number of hydrogen-bond acceptors (Lipinski definition) is 4. The van der Waals surface area contributed by atoms with Crippen molar-refractivity contribution in [2.45, 2.75) is 45.4 Å². The van der Waals surface area contributed by atoms with Gasteiger partial charge >= 0.3 is 5.76 Å². The summed E-state index contributed by atoms with van der Waals surface area (Å²) in [6.07, 6.45) is 6.76. The molecule has 0 spiro atoms. The summed E-state index contributed by atoms with van der Waals surface area (Å²) in [5.74, 6) is 0.248. The van der Waals surface area contributed by atoms with Gasteiger partial charge in [0.2, 0.25) is 5.88 Å². The maximum absolute atomic E-state index is 11.0. The Bertz CT molecular complexity index is 693. The number of benzene rings is 1. The predicted octanol–water partition coefficient (Wildman–Crippen LogP) is 3.61. The Morgan fingerprint density at radius 3 is 2.52 bits per heavy atom. The second-order valence-electron chi connectivity index (χ2n) is 6.77. The summed E-state index contributed by atoms with van der Waals surface area (Å²) in [5, 5.41) is 9.53. The van der Waals surface area contributed by atoms with Gasteiger partial charge in [-0.1, -0.05) is 38.3 Å². The van der Waals surface area contributed by atoms with Crippen molar-refractivity contribution in [3.63, 3.8) is 0 Å². The summed E-state index contributed by atoms with van der Waals surface area (Å²) < 4.78 is 10.8. The first-order valence-electron chi connectivity index (χ1n) is 8.17. The fraction of sp³-hybridized carbons (Fsp3) is 0.500. The van der Waals surface area contributed by atoms with E-state index >= 15 is 0 Å². The Kier molecular flexibility index (Phi) is 4.46. The molecule has 1 saturated carbocycles. The third-order valence-electron chi connectivity index (χ3n) is 4.64. The maximum atomic E-state index is 11.0. The van der Waals surface area contributed by atoms with E-state index in [0.717, 1.165) is 17.9 Å². The van der Waals surface area contributed by atoms with E-state index < -0.39 is 5.76 Å². The van der Waals surface area contributed by atoms with E-state index in [0.29, 0.717) is 6.42 Å². The fourth-order valence-electron chi connectivity index (χ4n) is 3.17. The van der Waals surface area contributed by atoms with Crippen LogP contribution in [0.3, 0.4) is 0 Å². The highest BCUT2D eigenvalue weighted by molar-refractivity contribution is 5.31. The SMILES string of the molecule is CC1(COc2ccc(Cc3oc(=O)[nH]c3O)cc2)CCCCC1. The number of aromatic amines is 1. The minimum atomic E-state index is -0.641. The monoisotopic (exact) mass is 317 g/mol. The Morgan fingerprint density at radius 1 is 1.22 bits per heavy atom. The number of oxazole rings is 1. The molecule has 3 rings (SSSR count). The van der Waals surface area contributed by atoms with Gasteiger partial charge in [-0.2, -0.15) is 0 Å². The lowest BCUT2D eigenvalue weighted by atomic mass is 9.76. The van der Waals surface area contributed by atoms with Gasteiger partial charge in [-0.05, 0) is 30.5 Å². The third-order valence-corrected chi connectivity index (χ3v) is 4.64. The largest absolute Gasteiger partial charge is 0.493 e. The zero-order valence-corrected chi connectivity index (χ0v) is 13.4. The lowest BCUT2D eigenvalue weighted by molar-refractivity contribution is 0.116. The van der Waals surface area contributed by atoms with Crippen molar-refractivity contribution in [3.05, 3.63) is 46.1 Å². The summed E-state index contributed by atoms with van der Waals surface area (Å²) in [5.41, 5.74) is 1.23. The van der Waals surface area contributed by atoms with Gasteiger partial charge in [-0.15, -0.1) is 0 Å². The van der Waals surface area contributed by atoms with E-state index in [-0.39, 0.29) is 17.1 Å². The first-order chi connectivity index (χ1) is 11.0. The van der Waals surface area contributed by atoms with Crippen LogP contribution in [0.1, 0.15) is 50.4 Å². The van der Waals surface area contributed by atoms with E-state index in [4.69, 9.17) is 9.15 Å². The molecule has 0 atom stereocenters. The summed E-state index contributed by atoms with van der Waals surface area (Å²) in [4.78, 5) is 13.2. The van der Waals surface area contributed by atoms with Gasteiger partial charge in [-0.25, -0.2) is 4.79 Å². The van der Waals surface area contributed by atoms with Gasteiger partial charge in [0, 0.05) is 11.8 Å². The van der Waals surface area contributed by atoms with Crippen molar-refractivity contribution in [1.29, 1.82) is 0 Å². The van der Waals surface area contributed by atoms with E-state index in [1.54, 1.807) is 0 Å². The molecule has 5 heteroatoms. The zero-order valence-electron chi connectivity index (χ0n) is 13.4. The van der Waals surface area contributed by atoms with Crippen LogP contribution in [0.5, 0.6) is 11.6 Å². The highest BCUT2D eigenvalue weighted by atomic mass is 16.5. The first kappa shape index (κ1) is 15.7. The van der Waals surface area contributed by atoms with Crippen molar-refractivity contribution in [2.24, 2.45) is 5.41 Å². The van der Waals surface area contributed by atoms with Gasteiger partial charge in [0.1, 0.15) is 5.75 Å². The second-order valence-corrected chi connectivity index (χ2v) is 6.77. The van der Waals surface area contributed by atoms with Crippen molar-refractivity contribution >= 4 is 0 Å². The number of hydrogen-bond donors (Lipinski definition) is 2. The van der Waals surface area contributed by atoms with Gasteiger partial charge in [0.05, 0.1) is 6.61 Å². The van der Waals surface area contributed by atoms with Crippen molar-refractivity contribution < 1.29 is 14.3 Å². The first-order valence-corrected chi connectivity index (χ1v) is 8.17. The normalized spacial score (nSPS) is 17.1. The molecule has 0 saturated heterocycles. The van der Waals surface area contributed by atoms with Crippen molar-refractivity contribution in [2.75, 3.05) is 6.61 Å². The topological polar surface area (TPSA) is 75.5 Å². The molecule has 2 aromatic rings. The van der Waals surface area contributed by atoms with Crippen LogP contribution in [0, 0.1) is 5.41 Å². The number of aromatic hydroxyl groups is 1. The molecule has 2 N–H and O–H groups in total. The predicted molar refractivity (Wildman–Crippen MR) is 86.9 cm³/mol. The Balaban J connectivity index is 1.58. The Labute approximate surface area is 135 Å². The molecule has 1 aliphatic rings. The van der Waals surface area contributed by atoms with Crippen LogP contribution in [0.25, 0.3) is 0 Å². The highest BCUT2D eigenvalue weighted by Gasteiger charge is 2.27. The van der Waals surface area contributed by atoms with Gasteiger partial charge in [-0.3, -0.25) is 4.98 Å². The molecule has 124 valence electrons. The molecule has 5 nitrogen and oxygen atoms in total. The number of aromatic nitrogens is 1. The molecule has 0 unspecified atom stereocenters. The van der Waals surface area contributed by atoms with Crippen LogP contribution >= 0.6 is 0 Å². The molecule has 1 aromatic carbocycles. The molecule has 0 bridgehead atoms. The molecule has 1 aromatic heterocycles. The average molecular weight is 317 g/mol. The number of rotatable bonds is 5. The summed E-state index contributed by atoms with van der Waals surface area (Å²) >= 11 is 0. The number of nitrogens with one attached hydrogen (secondary N) is 1. The smallest absolute Gasteiger partial charge is 0.419 e. The van der Waals surface area contributed by atoms with E-state index in [2.05, 4.69) is 11.9 Å². The van der Waals surface area contributed by atoms with Crippen molar-refractivity contribution in [1.82, 2.24) is 4.98 Å². The van der Waals surface area contributed by atoms with Gasteiger partial charge < -0.3 is 14.3 Å². The molecule has 0 radical (unpaired) electrons. The summed E-state index contributed by atoms with van der Waals surface area (Å²) in [7, 11) is 0. The van der Waals surface area contributed by atoms with Gasteiger partial charge in [0.15, 0.2) is 5.76 Å². The molecule has 1 heterocycles. The quantitative estimate of drug-likeness (QED) is 0.883. The van der Waals surface area contributed by atoms with Gasteiger partial charge in [0.25, 0.3) is 0 Å². The average Bonchev–Trinajstić information content (AvgIpc) is 2.85. The number of H-pyrrole nitrogens is 1. The molecule has 23 heavy (non-hydrogen) atoms. The molecule has 0 aliphatic heterocycles. The van der Waals surface area contributed by atoms with Crippen LogP contribution in [-0.4, -0.2) is 16.7 Å². The number of ether oxygens (including phenoxy) is 1. The van der Waals surface area contributed by atoms with Crippen LogP contribution in [0.2, 0.25) is 0 Å². The van der Waals surface area contributed by atoms with Crippen molar-refractivity contribution in [3.8, 4) is 11.6 Å². The highest BCUT2D eigenvalue weighted by Crippen LogP contribution is 2.36. The van der Waals surface area contributed by atoms with Crippen LogP contribution in [-0.2, 0) is 6.42 Å². The third kappa shape index (κ3) is 3.97. The second kappa shape index (κ2) is 6.52. The fourth-order valence-corrected chi connectivity index (χ4v) is 3.17. The molecule has 1 fully saturated rings. The van der Waals surface area contributed by atoms with E-state index in [9.17, 15) is 9.90 Å². The van der Waals surface area contributed by atoms with Crippen LogP contribution < -0.4 is 10.5 Å². The Hall–Kier alpha value is -2.17. The Morgan fingerprint density at radius 2 is 1.91 bits per heavy atom. The summed E-state index contributed by atoms with van der Waals surface area (Å²) in [6.45, 7) is 3.05. The molecular formula is C18H23NO4. The van der Waals surface area contributed by atoms with Crippen LogP contribution in [0.4, 0.5) is 0 Å². The van der Waals surface area contributed by atoms with E-state index in [1.165, 1.54) is 32.1 Å². The lowest BCUT2D eigenvalue weighted by Crippen LogP contribution is -2.27. The lowest BCUT2D eigenvalue weighted by Gasteiger charge is -2.33. The molecule has 0 amide bonds. The zero-order chi connectivity index (χ0) is 16.3. The minimum absolute atomic E-state index is 0.208. The summed E-state index contributed by atoms with van der Waals surface area (Å²) in [6, 6.07) is 7.68.